The van der Waals surface area contributed by atoms with Crippen molar-refractivity contribution in [3.8, 4) is 0 Å². The van der Waals surface area contributed by atoms with Crippen molar-refractivity contribution in [2.45, 2.75) is 31.1 Å². The van der Waals surface area contributed by atoms with Gasteiger partial charge in [0.1, 0.15) is 0 Å². The molecule has 2 heterocycles. The quantitative estimate of drug-likeness (QED) is 0.861. The first-order chi connectivity index (χ1) is 11.0. The van der Waals surface area contributed by atoms with Crippen LogP contribution in [0.4, 0.5) is 0 Å². The fourth-order valence-electron chi connectivity index (χ4n) is 3.42. The van der Waals surface area contributed by atoms with Crippen molar-refractivity contribution in [2.75, 3.05) is 26.2 Å². The van der Waals surface area contributed by atoms with Crippen molar-refractivity contribution >= 4 is 15.9 Å². The summed E-state index contributed by atoms with van der Waals surface area (Å²) in [4.78, 5) is 13.4. The van der Waals surface area contributed by atoms with Gasteiger partial charge in [0.15, 0.2) is 0 Å². The molecule has 1 aromatic carbocycles. The Morgan fingerprint density at radius 1 is 1.22 bits per heavy atom. The van der Waals surface area contributed by atoms with Gasteiger partial charge in [0.05, 0.1) is 5.25 Å². The molecule has 2 saturated heterocycles. The van der Waals surface area contributed by atoms with Crippen LogP contribution in [0.3, 0.4) is 0 Å². The van der Waals surface area contributed by atoms with Gasteiger partial charge < -0.3 is 5.73 Å². The van der Waals surface area contributed by atoms with E-state index >= 15 is 0 Å². The van der Waals surface area contributed by atoms with Crippen LogP contribution in [0.2, 0.25) is 0 Å². The second-order valence-electron chi connectivity index (χ2n) is 6.36. The Balaban J connectivity index is 1.64. The molecule has 1 amide bonds. The number of nitrogens with zero attached hydrogens (tertiary/aromatic N) is 2. The standard InChI is InChI=1S/C16H23N3O3S/c17-16(20)14-5-3-4-13(10-14)11-18-9-6-15(12-18)23(21,22)19-7-1-2-8-19/h3-5,10,15H,1-2,6-9,11-12H2,(H2,17,20). The van der Waals surface area contributed by atoms with Crippen LogP contribution in [0.25, 0.3) is 0 Å². The van der Waals surface area contributed by atoms with E-state index < -0.39 is 15.9 Å². The van der Waals surface area contributed by atoms with Crippen molar-refractivity contribution in [1.29, 1.82) is 0 Å². The number of benzene rings is 1. The van der Waals surface area contributed by atoms with E-state index in [1.165, 1.54) is 0 Å². The summed E-state index contributed by atoms with van der Waals surface area (Å²) < 4.78 is 26.9. The minimum atomic E-state index is -3.17. The van der Waals surface area contributed by atoms with E-state index in [0.29, 0.717) is 38.2 Å². The minimum Gasteiger partial charge on any atom is -0.366 e. The Kier molecular flexibility index (Phi) is 4.70. The summed E-state index contributed by atoms with van der Waals surface area (Å²) in [6.07, 6.45) is 2.61. The van der Waals surface area contributed by atoms with Crippen LogP contribution in [0.5, 0.6) is 0 Å². The van der Waals surface area contributed by atoms with E-state index in [4.69, 9.17) is 5.73 Å². The summed E-state index contributed by atoms with van der Waals surface area (Å²) in [6.45, 7) is 3.30. The number of likely N-dealkylation sites (tertiary alicyclic amines) is 1. The third-order valence-electron chi connectivity index (χ3n) is 4.69. The highest BCUT2D eigenvalue weighted by Gasteiger charge is 2.38. The maximum atomic E-state index is 12.6. The molecular weight excluding hydrogens is 314 g/mol. The van der Waals surface area contributed by atoms with E-state index in [-0.39, 0.29) is 5.25 Å². The maximum Gasteiger partial charge on any atom is 0.248 e. The van der Waals surface area contributed by atoms with Gasteiger partial charge in [-0.15, -0.1) is 0 Å². The SMILES string of the molecule is NC(=O)c1cccc(CN2CCC(S(=O)(=O)N3CCCC3)C2)c1. The highest BCUT2D eigenvalue weighted by atomic mass is 32.2. The van der Waals surface area contributed by atoms with Crippen LogP contribution < -0.4 is 5.73 Å². The Morgan fingerprint density at radius 2 is 1.96 bits per heavy atom. The molecule has 126 valence electrons. The number of sulfonamides is 1. The van der Waals surface area contributed by atoms with E-state index in [1.54, 1.807) is 16.4 Å². The first kappa shape index (κ1) is 16.4. The average Bonchev–Trinajstić information content (AvgIpc) is 3.19. The van der Waals surface area contributed by atoms with Crippen molar-refractivity contribution in [1.82, 2.24) is 9.21 Å². The molecule has 0 spiro atoms. The number of carbonyl (C=O) groups is 1. The van der Waals surface area contributed by atoms with Crippen LogP contribution in [-0.2, 0) is 16.6 Å². The van der Waals surface area contributed by atoms with Gasteiger partial charge in [-0.3, -0.25) is 9.69 Å². The van der Waals surface area contributed by atoms with Crippen molar-refractivity contribution in [3.05, 3.63) is 35.4 Å². The summed E-state index contributed by atoms with van der Waals surface area (Å²) in [5, 5.41) is -0.306. The number of rotatable bonds is 5. The molecule has 6 nitrogen and oxygen atoms in total. The molecule has 0 aliphatic carbocycles. The summed E-state index contributed by atoms with van der Waals surface area (Å²) in [6, 6.07) is 7.22. The minimum absolute atomic E-state index is 0.306. The molecule has 0 bridgehead atoms. The second kappa shape index (κ2) is 6.59. The number of primary amides is 1. The van der Waals surface area contributed by atoms with Crippen molar-refractivity contribution in [3.63, 3.8) is 0 Å². The molecule has 0 radical (unpaired) electrons. The number of hydrogen-bond donors (Lipinski definition) is 1. The van der Waals surface area contributed by atoms with Crippen LogP contribution in [0.1, 0.15) is 35.2 Å². The normalized spacial score (nSPS) is 23.4. The first-order valence-corrected chi connectivity index (χ1v) is 9.57. The second-order valence-corrected chi connectivity index (χ2v) is 8.57. The zero-order valence-corrected chi connectivity index (χ0v) is 14.0. The molecule has 0 saturated carbocycles. The van der Waals surface area contributed by atoms with Gasteiger partial charge >= 0.3 is 0 Å². The van der Waals surface area contributed by atoms with Crippen molar-refractivity contribution < 1.29 is 13.2 Å². The molecule has 2 N–H and O–H groups in total. The van der Waals surface area contributed by atoms with Gasteiger partial charge in [-0.1, -0.05) is 12.1 Å². The fraction of sp³-hybridized carbons (Fsp3) is 0.562. The lowest BCUT2D eigenvalue weighted by Crippen LogP contribution is -2.38. The van der Waals surface area contributed by atoms with Gasteiger partial charge in [0.2, 0.25) is 15.9 Å². The molecule has 2 aliphatic rings. The predicted octanol–water partition coefficient (Wildman–Crippen LogP) is 0.785. The molecule has 1 atom stereocenters. The molecule has 7 heteroatoms. The Morgan fingerprint density at radius 3 is 2.65 bits per heavy atom. The van der Waals surface area contributed by atoms with Crippen LogP contribution in [0, 0.1) is 0 Å². The number of hydrogen-bond acceptors (Lipinski definition) is 4. The molecule has 1 unspecified atom stereocenters. The van der Waals surface area contributed by atoms with E-state index in [9.17, 15) is 13.2 Å². The van der Waals surface area contributed by atoms with Crippen LogP contribution in [-0.4, -0.2) is 55.0 Å². The van der Waals surface area contributed by atoms with E-state index in [2.05, 4.69) is 4.90 Å². The van der Waals surface area contributed by atoms with Gasteiger partial charge in [0.25, 0.3) is 0 Å². The molecule has 0 aromatic heterocycles. The highest BCUT2D eigenvalue weighted by Crippen LogP contribution is 2.24. The number of amides is 1. The van der Waals surface area contributed by atoms with E-state index in [0.717, 1.165) is 24.9 Å². The zero-order chi connectivity index (χ0) is 16.4. The van der Waals surface area contributed by atoms with Gasteiger partial charge in [-0.2, -0.15) is 0 Å². The third-order valence-corrected chi connectivity index (χ3v) is 7.01. The summed E-state index contributed by atoms with van der Waals surface area (Å²) >= 11 is 0. The lowest BCUT2D eigenvalue weighted by atomic mass is 10.1. The van der Waals surface area contributed by atoms with Crippen molar-refractivity contribution in [2.24, 2.45) is 5.73 Å². The predicted molar refractivity (Wildman–Crippen MR) is 88.4 cm³/mol. The molecule has 23 heavy (non-hydrogen) atoms. The topological polar surface area (TPSA) is 83.7 Å². The molecule has 2 aliphatic heterocycles. The highest BCUT2D eigenvalue weighted by molar-refractivity contribution is 7.89. The number of nitrogens with two attached hydrogens (primary N) is 1. The summed E-state index contributed by atoms with van der Waals surface area (Å²) in [5.74, 6) is -0.442. The number of carbonyl (C=O) groups excluding carboxylic acids is 1. The zero-order valence-electron chi connectivity index (χ0n) is 13.1. The van der Waals surface area contributed by atoms with Crippen LogP contribution >= 0.6 is 0 Å². The summed E-state index contributed by atoms with van der Waals surface area (Å²) in [5.41, 5.74) is 6.78. The lowest BCUT2D eigenvalue weighted by molar-refractivity contribution is 0.1000. The smallest absolute Gasteiger partial charge is 0.248 e. The summed E-state index contributed by atoms with van der Waals surface area (Å²) in [7, 11) is -3.17. The Labute approximate surface area is 137 Å². The molecule has 2 fully saturated rings. The lowest BCUT2D eigenvalue weighted by Gasteiger charge is -2.21. The Bertz CT molecular complexity index is 684. The molecule has 1 aromatic rings. The average molecular weight is 337 g/mol. The largest absolute Gasteiger partial charge is 0.366 e. The van der Waals surface area contributed by atoms with E-state index in [1.807, 2.05) is 12.1 Å². The molecular formula is C16H23N3O3S. The maximum absolute atomic E-state index is 12.6. The van der Waals surface area contributed by atoms with Crippen LogP contribution in [0.15, 0.2) is 24.3 Å². The fourth-order valence-corrected chi connectivity index (χ4v) is 5.41. The first-order valence-electron chi connectivity index (χ1n) is 8.07. The molecule has 3 rings (SSSR count). The Hall–Kier alpha value is -1.44. The van der Waals surface area contributed by atoms with Gasteiger partial charge in [-0.25, -0.2) is 12.7 Å². The monoisotopic (exact) mass is 337 g/mol. The third kappa shape index (κ3) is 3.57. The van der Waals surface area contributed by atoms with Gasteiger partial charge in [-0.05, 0) is 43.5 Å². The van der Waals surface area contributed by atoms with Gasteiger partial charge in [0, 0.05) is 31.7 Å².